The Hall–Kier alpha value is -0.940. The van der Waals surface area contributed by atoms with Crippen LogP contribution in [0.1, 0.15) is 12.1 Å². The maximum atomic E-state index is 10.8. The number of ether oxygens (including phenoxy) is 1. The first-order valence-electron chi connectivity index (χ1n) is 4.61. The van der Waals surface area contributed by atoms with Crippen molar-refractivity contribution >= 4 is 21.9 Å². The summed E-state index contributed by atoms with van der Waals surface area (Å²) in [6.45, 7) is 1.25. The quantitative estimate of drug-likeness (QED) is 0.502. The highest BCUT2D eigenvalue weighted by Crippen LogP contribution is 2.05. The third-order valence-electron chi connectivity index (χ3n) is 1.81. The number of nitrogens with zero attached hydrogens (tertiary/aromatic N) is 1. The largest absolute Gasteiger partial charge is 0.469 e. The van der Waals surface area contributed by atoms with Crippen LogP contribution in [0.25, 0.3) is 0 Å². The first-order valence-corrected chi connectivity index (χ1v) is 5.40. The molecule has 4 nitrogen and oxygen atoms in total. The monoisotopic (exact) mass is 272 g/mol. The minimum Gasteiger partial charge on any atom is -0.469 e. The number of pyridine rings is 1. The summed E-state index contributed by atoms with van der Waals surface area (Å²) in [6, 6.07) is 5.72. The smallest absolute Gasteiger partial charge is 0.306 e. The van der Waals surface area contributed by atoms with Crippen LogP contribution in [0.4, 0.5) is 0 Å². The fourth-order valence-corrected chi connectivity index (χ4v) is 1.44. The van der Waals surface area contributed by atoms with Crippen molar-refractivity contribution in [2.75, 3.05) is 13.7 Å². The van der Waals surface area contributed by atoms with Crippen molar-refractivity contribution in [1.29, 1.82) is 0 Å². The van der Waals surface area contributed by atoms with Crippen molar-refractivity contribution in [2.24, 2.45) is 0 Å². The van der Waals surface area contributed by atoms with Crippen molar-refractivity contribution in [3.63, 3.8) is 0 Å². The summed E-state index contributed by atoms with van der Waals surface area (Å²) in [5.41, 5.74) is 0.939. The van der Waals surface area contributed by atoms with Crippen molar-refractivity contribution in [3.05, 3.63) is 28.5 Å². The average molecular weight is 273 g/mol. The lowest BCUT2D eigenvalue weighted by Gasteiger charge is -2.03. The zero-order chi connectivity index (χ0) is 11.1. The molecule has 0 saturated heterocycles. The van der Waals surface area contributed by atoms with Crippen LogP contribution in [0.3, 0.4) is 0 Å². The van der Waals surface area contributed by atoms with E-state index in [0.717, 1.165) is 10.3 Å². The maximum absolute atomic E-state index is 10.8. The molecule has 1 rings (SSSR count). The third kappa shape index (κ3) is 4.90. The van der Waals surface area contributed by atoms with Gasteiger partial charge in [-0.05, 0) is 28.1 Å². The molecule has 15 heavy (non-hydrogen) atoms. The standard InChI is InChI=1S/C10H13BrN2O2/c1-15-10(14)5-6-12-7-8-3-2-4-9(11)13-8/h2-4,12H,5-7H2,1H3. The topological polar surface area (TPSA) is 51.2 Å². The lowest BCUT2D eigenvalue weighted by molar-refractivity contribution is -0.140. The van der Waals surface area contributed by atoms with Crippen LogP contribution in [0.5, 0.6) is 0 Å². The van der Waals surface area contributed by atoms with Gasteiger partial charge in [-0.25, -0.2) is 4.98 Å². The molecule has 0 spiro atoms. The first kappa shape index (κ1) is 12.1. The predicted molar refractivity (Wildman–Crippen MR) is 60.3 cm³/mol. The number of aromatic nitrogens is 1. The molecule has 1 N–H and O–H groups in total. The Bertz CT molecular complexity index is 331. The third-order valence-corrected chi connectivity index (χ3v) is 2.25. The van der Waals surface area contributed by atoms with Crippen LogP contribution in [0.2, 0.25) is 0 Å². The van der Waals surface area contributed by atoms with Crippen molar-refractivity contribution in [1.82, 2.24) is 10.3 Å². The molecule has 1 aromatic heterocycles. The van der Waals surface area contributed by atoms with E-state index in [4.69, 9.17) is 0 Å². The van der Waals surface area contributed by atoms with Crippen LogP contribution in [0.15, 0.2) is 22.8 Å². The van der Waals surface area contributed by atoms with E-state index in [-0.39, 0.29) is 5.97 Å². The Balaban J connectivity index is 2.23. The number of methoxy groups -OCH3 is 1. The van der Waals surface area contributed by atoms with Crippen LogP contribution in [0, 0.1) is 0 Å². The van der Waals surface area contributed by atoms with Gasteiger partial charge in [0.05, 0.1) is 19.2 Å². The molecule has 1 heterocycles. The minimum atomic E-state index is -0.204. The molecule has 0 fully saturated rings. The summed E-state index contributed by atoms with van der Waals surface area (Å²) < 4.78 is 5.33. The van der Waals surface area contributed by atoms with E-state index >= 15 is 0 Å². The van der Waals surface area contributed by atoms with Crippen LogP contribution >= 0.6 is 15.9 Å². The summed E-state index contributed by atoms with van der Waals surface area (Å²) in [5.74, 6) is -0.204. The Kier molecular flexibility index (Phi) is 5.28. The molecular formula is C10H13BrN2O2. The van der Waals surface area contributed by atoms with Gasteiger partial charge in [-0.3, -0.25) is 4.79 Å². The molecule has 0 unspecified atom stereocenters. The summed E-state index contributed by atoms with van der Waals surface area (Å²) in [7, 11) is 1.39. The van der Waals surface area contributed by atoms with Gasteiger partial charge in [-0.2, -0.15) is 0 Å². The maximum Gasteiger partial charge on any atom is 0.306 e. The second-order valence-corrected chi connectivity index (χ2v) is 3.77. The van der Waals surface area contributed by atoms with Gasteiger partial charge in [0, 0.05) is 13.1 Å². The highest BCUT2D eigenvalue weighted by Gasteiger charge is 1.99. The van der Waals surface area contributed by atoms with Crippen LogP contribution in [-0.4, -0.2) is 24.6 Å². The zero-order valence-electron chi connectivity index (χ0n) is 8.50. The molecule has 0 bridgehead atoms. The van der Waals surface area contributed by atoms with Crippen molar-refractivity contribution in [2.45, 2.75) is 13.0 Å². The second-order valence-electron chi connectivity index (χ2n) is 2.95. The second kappa shape index (κ2) is 6.53. The predicted octanol–water partition coefficient (Wildman–Crippen LogP) is 1.50. The number of hydrogen-bond acceptors (Lipinski definition) is 4. The highest BCUT2D eigenvalue weighted by molar-refractivity contribution is 9.10. The summed E-state index contributed by atoms with van der Waals surface area (Å²) >= 11 is 3.29. The van der Waals surface area contributed by atoms with Gasteiger partial charge in [-0.15, -0.1) is 0 Å². The van der Waals surface area contributed by atoms with E-state index in [0.29, 0.717) is 19.5 Å². The molecule has 0 saturated carbocycles. The Morgan fingerprint density at radius 3 is 3.07 bits per heavy atom. The summed E-state index contributed by atoms with van der Waals surface area (Å²) in [6.07, 6.45) is 0.379. The van der Waals surface area contributed by atoms with E-state index < -0.39 is 0 Å². The molecule has 0 aliphatic heterocycles. The normalized spacial score (nSPS) is 10.0. The Morgan fingerprint density at radius 2 is 2.40 bits per heavy atom. The van der Waals surface area contributed by atoms with Gasteiger partial charge < -0.3 is 10.1 Å². The molecule has 0 aromatic carbocycles. The zero-order valence-corrected chi connectivity index (χ0v) is 10.1. The molecule has 0 aliphatic carbocycles. The average Bonchev–Trinajstić information content (AvgIpc) is 2.24. The van der Waals surface area contributed by atoms with Gasteiger partial charge in [-0.1, -0.05) is 6.07 Å². The lowest BCUT2D eigenvalue weighted by Crippen LogP contribution is -2.19. The van der Waals surface area contributed by atoms with Gasteiger partial charge in [0.15, 0.2) is 0 Å². The molecule has 0 atom stereocenters. The number of hydrogen-bond donors (Lipinski definition) is 1. The molecule has 82 valence electrons. The SMILES string of the molecule is COC(=O)CCNCc1cccc(Br)n1. The molecule has 1 aromatic rings. The number of carbonyl (C=O) groups is 1. The van der Waals surface area contributed by atoms with Crippen molar-refractivity contribution in [3.8, 4) is 0 Å². The van der Waals surface area contributed by atoms with E-state index in [1.807, 2.05) is 18.2 Å². The number of esters is 1. The minimum absolute atomic E-state index is 0.204. The van der Waals surface area contributed by atoms with Gasteiger partial charge >= 0.3 is 5.97 Å². The Morgan fingerprint density at radius 1 is 1.60 bits per heavy atom. The molecule has 0 aliphatic rings. The fourth-order valence-electron chi connectivity index (χ4n) is 1.06. The van der Waals surface area contributed by atoms with Gasteiger partial charge in [0.25, 0.3) is 0 Å². The van der Waals surface area contributed by atoms with Gasteiger partial charge in [0.1, 0.15) is 4.60 Å². The van der Waals surface area contributed by atoms with E-state index in [2.05, 4.69) is 31.0 Å². The van der Waals surface area contributed by atoms with Gasteiger partial charge in [0.2, 0.25) is 0 Å². The highest BCUT2D eigenvalue weighted by atomic mass is 79.9. The van der Waals surface area contributed by atoms with Crippen LogP contribution in [-0.2, 0) is 16.1 Å². The van der Waals surface area contributed by atoms with E-state index in [9.17, 15) is 4.79 Å². The fraction of sp³-hybridized carbons (Fsp3) is 0.400. The number of carbonyl (C=O) groups excluding carboxylic acids is 1. The number of nitrogens with one attached hydrogen (secondary N) is 1. The Labute approximate surface area is 97.2 Å². The number of halogens is 1. The molecule has 0 radical (unpaired) electrons. The summed E-state index contributed by atoms with van der Waals surface area (Å²) in [5, 5.41) is 3.11. The molecule has 0 amide bonds. The van der Waals surface area contributed by atoms with Crippen LogP contribution < -0.4 is 5.32 Å². The summed E-state index contributed by atoms with van der Waals surface area (Å²) in [4.78, 5) is 15.0. The number of rotatable bonds is 5. The lowest BCUT2D eigenvalue weighted by atomic mass is 10.3. The molecule has 5 heteroatoms. The van der Waals surface area contributed by atoms with E-state index in [1.54, 1.807) is 0 Å². The van der Waals surface area contributed by atoms with Crippen molar-refractivity contribution < 1.29 is 9.53 Å². The first-order chi connectivity index (χ1) is 7.22. The molecular weight excluding hydrogens is 260 g/mol. The van der Waals surface area contributed by atoms with E-state index in [1.165, 1.54) is 7.11 Å².